The van der Waals surface area contributed by atoms with Crippen LogP contribution < -0.4 is 0 Å². The van der Waals surface area contributed by atoms with E-state index in [4.69, 9.17) is 4.42 Å². The topological polar surface area (TPSA) is 48.0 Å². The van der Waals surface area contributed by atoms with E-state index >= 15 is 0 Å². The minimum absolute atomic E-state index is 0.0374. The standard InChI is InChI=1S/C16H16N2O2/c1-3-18-14-7-5-4-6-12(14)13(17-18)10-15(19)16-9-8-11(2)20-16/h4-9H,3,10H2,1-2H3. The first kappa shape index (κ1) is 12.7. The summed E-state index contributed by atoms with van der Waals surface area (Å²) in [5.74, 6) is 1.11. The van der Waals surface area contributed by atoms with Gasteiger partial charge < -0.3 is 4.42 Å². The van der Waals surface area contributed by atoms with Crippen molar-refractivity contribution in [3.63, 3.8) is 0 Å². The van der Waals surface area contributed by atoms with Gasteiger partial charge in [0.25, 0.3) is 0 Å². The summed E-state index contributed by atoms with van der Waals surface area (Å²) in [7, 11) is 0. The van der Waals surface area contributed by atoms with Gasteiger partial charge in [-0.05, 0) is 32.0 Å². The van der Waals surface area contributed by atoms with Gasteiger partial charge in [0.05, 0.1) is 17.6 Å². The third kappa shape index (κ3) is 2.13. The fraction of sp³-hybridized carbons (Fsp3) is 0.250. The number of Topliss-reactive ketones (excluding diaryl/α,β-unsaturated/α-hetero) is 1. The van der Waals surface area contributed by atoms with Gasteiger partial charge in [-0.15, -0.1) is 0 Å². The van der Waals surface area contributed by atoms with E-state index < -0.39 is 0 Å². The van der Waals surface area contributed by atoms with E-state index in [0.717, 1.165) is 28.9 Å². The number of benzene rings is 1. The summed E-state index contributed by atoms with van der Waals surface area (Å²) < 4.78 is 7.30. The molecule has 1 aromatic carbocycles. The zero-order valence-electron chi connectivity index (χ0n) is 11.6. The van der Waals surface area contributed by atoms with Crippen molar-refractivity contribution in [3.8, 4) is 0 Å². The highest BCUT2D eigenvalue weighted by molar-refractivity contribution is 5.97. The van der Waals surface area contributed by atoms with Crippen LogP contribution in [-0.2, 0) is 13.0 Å². The van der Waals surface area contributed by atoms with Gasteiger partial charge in [0.1, 0.15) is 5.76 Å². The van der Waals surface area contributed by atoms with E-state index in [-0.39, 0.29) is 12.2 Å². The maximum atomic E-state index is 12.2. The van der Waals surface area contributed by atoms with Crippen LogP contribution in [0.3, 0.4) is 0 Å². The van der Waals surface area contributed by atoms with Crippen LogP contribution in [0.15, 0.2) is 40.8 Å². The molecular formula is C16H16N2O2. The Morgan fingerprint density at radius 1 is 1.25 bits per heavy atom. The van der Waals surface area contributed by atoms with Crippen LogP contribution >= 0.6 is 0 Å². The molecule has 4 heteroatoms. The molecule has 0 aliphatic carbocycles. The van der Waals surface area contributed by atoms with E-state index in [1.807, 2.05) is 42.8 Å². The molecule has 0 saturated heterocycles. The quantitative estimate of drug-likeness (QED) is 0.681. The number of carbonyl (C=O) groups excluding carboxylic acids is 1. The molecule has 0 bridgehead atoms. The van der Waals surface area contributed by atoms with Gasteiger partial charge in [0, 0.05) is 11.9 Å². The van der Waals surface area contributed by atoms with Crippen molar-refractivity contribution in [3.05, 3.63) is 53.6 Å². The number of carbonyl (C=O) groups is 1. The number of hydrogen-bond acceptors (Lipinski definition) is 3. The van der Waals surface area contributed by atoms with Crippen molar-refractivity contribution in [1.29, 1.82) is 0 Å². The Hall–Kier alpha value is -2.36. The summed E-state index contributed by atoms with van der Waals surface area (Å²) in [6.45, 7) is 4.66. The van der Waals surface area contributed by atoms with Gasteiger partial charge >= 0.3 is 0 Å². The SMILES string of the molecule is CCn1nc(CC(=O)c2ccc(C)o2)c2ccccc21. The summed E-state index contributed by atoms with van der Waals surface area (Å²) in [6, 6.07) is 11.5. The van der Waals surface area contributed by atoms with Crippen LogP contribution in [0.2, 0.25) is 0 Å². The van der Waals surface area contributed by atoms with Gasteiger partial charge in [-0.3, -0.25) is 9.48 Å². The second-order valence-electron chi connectivity index (χ2n) is 4.79. The molecule has 0 unspecified atom stereocenters. The van der Waals surface area contributed by atoms with Gasteiger partial charge in [0.15, 0.2) is 5.76 Å². The minimum Gasteiger partial charge on any atom is -0.458 e. The molecule has 0 amide bonds. The molecule has 0 spiro atoms. The summed E-state index contributed by atoms with van der Waals surface area (Å²) in [5.41, 5.74) is 1.87. The fourth-order valence-electron chi connectivity index (χ4n) is 2.39. The summed E-state index contributed by atoms with van der Waals surface area (Å²) in [5, 5.41) is 5.57. The molecule has 20 heavy (non-hydrogen) atoms. The largest absolute Gasteiger partial charge is 0.458 e. The Bertz CT molecular complexity index is 768. The summed E-state index contributed by atoms with van der Waals surface area (Å²) in [6.07, 6.45) is 0.264. The highest BCUT2D eigenvalue weighted by Gasteiger charge is 2.16. The molecule has 0 saturated carbocycles. The van der Waals surface area contributed by atoms with Crippen molar-refractivity contribution in [2.24, 2.45) is 0 Å². The maximum absolute atomic E-state index is 12.2. The molecule has 2 aromatic heterocycles. The number of fused-ring (bicyclic) bond motifs is 1. The predicted molar refractivity (Wildman–Crippen MR) is 76.9 cm³/mol. The second-order valence-corrected chi connectivity index (χ2v) is 4.79. The molecule has 3 rings (SSSR count). The monoisotopic (exact) mass is 268 g/mol. The predicted octanol–water partition coefficient (Wildman–Crippen LogP) is 3.38. The van der Waals surface area contributed by atoms with Crippen LogP contribution in [0, 0.1) is 6.92 Å². The van der Waals surface area contributed by atoms with Crippen molar-refractivity contribution < 1.29 is 9.21 Å². The summed E-state index contributed by atoms with van der Waals surface area (Å²) >= 11 is 0. The lowest BCUT2D eigenvalue weighted by Gasteiger charge is -1.95. The number of para-hydroxylation sites is 1. The molecule has 2 heterocycles. The molecule has 0 aliphatic rings. The Balaban J connectivity index is 1.97. The number of rotatable bonds is 4. The Kier molecular flexibility index (Phi) is 3.14. The lowest BCUT2D eigenvalue weighted by Crippen LogP contribution is -2.04. The number of hydrogen-bond donors (Lipinski definition) is 0. The molecule has 0 aliphatic heterocycles. The van der Waals surface area contributed by atoms with E-state index in [9.17, 15) is 4.79 Å². The Labute approximate surface area is 117 Å². The first-order valence-electron chi connectivity index (χ1n) is 6.73. The first-order chi connectivity index (χ1) is 9.69. The third-order valence-electron chi connectivity index (χ3n) is 3.38. The van der Waals surface area contributed by atoms with Crippen LogP contribution in [-0.4, -0.2) is 15.6 Å². The van der Waals surface area contributed by atoms with E-state index in [1.54, 1.807) is 12.1 Å². The number of ketones is 1. The summed E-state index contributed by atoms with van der Waals surface area (Å²) in [4.78, 5) is 12.2. The third-order valence-corrected chi connectivity index (χ3v) is 3.38. The van der Waals surface area contributed by atoms with Gasteiger partial charge in [-0.25, -0.2) is 0 Å². The first-order valence-corrected chi connectivity index (χ1v) is 6.73. The zero-order valence-corrected chi connectivity index (χ0v) is 11.6. The molecule has 0 fully saturated rings. The second kappa shape index (κ2) is 4.96. The minimum atomic E-state index is -0.0374. The lowest BCUT2D eigenvalue weighted by molar-refractivity contribution is 0.0964. The molecule has 0 N–H and O–H groups in total. The van der Waals surface area contributed by atoms with Crippen molar-refractivity contribution >= 4 is 16.7 Å². The Morgan fingerprint density at radius 2 is 2.05 bits per heavy atom. The van der Waals surface area contributed by atoms with Crippen molar-refractivity contribution in [2.75, 3.05) is 0 Å². The zero-order chi connectivity index (χ0) is 14.1. The number of furan rings is 1. The van der Waals surface area contributed by atoms with E-state index in [1.165, 1.54) is 0 Å². The highest BCUT2D eigenvalue weighted by Crippen LogP contribution is 2.20. The van der Waals surface area contributed by atoms with Crippen LogP contribution in [0.4, 0.5) is 0 Å². The molecule has 4 nitrogen and oxygen atoms in total. The molecular weight excluding hydrogens is 252 g/mol. The van der Waals surface area contributed by atoms with Crippen LogP contribution in [0.5, 0.6) is 0 Å². The van der Waals surface area contributed by atoms with E-state index in [2.05, 4.69) is 5.10 Å². The van der Waals surface area contributed by atoms with Crippen molar-refractivity contribution in [1.82, 2.24) is 9.78 Å². The van der Waals surface area contributed by atoms with Crippen LogP contribution in [0.25, 0.3) is 10.9 Å². The molecule has 0 radical (unpaired) electrons. The van der Waals surface area contributed by atoms with E-state index in [0.29, 0.717) is 5.76 Å². The van der Waals surface area contributed by atoms with Gasteiger partial charge in [-0.1, -0.05) is 18.2 Å². The molecule has 3 aromatic rings. The maximum Gasteiger partial charge on any atom is 0.204 e. The smallest absolute Gasteiger partial charge is 0.204 e. The van der Waals surface area contributed by atoms with Crippen molar-refractivity contribution in [2.45, 2.75) is 26.8 Å². The molecule has 102 valence electrons. The number of nitrogens with zero attached hydrogens (tertiary/aromatic N) is 2. The van der Waals surface area contributed by atoms with Crippen LogP contribution in [0.1, 0.15) is 28.9 Å². The Morgan fingerprint density at radius 3 is 2.75 bits per heavy atom. The number of aromatic nitrogens is 2. The van der Waals surface area contributed by atoms with Gasteiger partial charge in [-0.2, -0.15) is 5.10 Å². The lowest BCUT2D eigenvalue weighted by atomic mass is 10.1. The molecule has 0 atom stereocenters. The highest BCUT2D eigenvalue weighted by atomic mass is 16.3. The number of aryl methyl sites for hydroxylation is 2. The average molecular weight is 268 g/mol. The average Bonchev–Trinajstić information content (AvgIpc) is 3.03. The fourth-order valence-corrected chi connectivity index (χ4v) is 2.39. The van der Waals surface area contributed by atoms with Gasteiger partial charge in [0.2, 0.25) is 5.78 Å². The normalized spacial score (nSPS) is 11.1.